The normalized spacial score (nSPS) is 18.2. The van der Waals surface area contributed by atoms with Crippen LogP contribution in [0, 0.1) is 5.92 Å². The van der Waals surface area contributed by atoms with Crippen LogP contribution in [0.3, 0.4) is 0 Å². The van der Waals surface area contributed by atoms with E-state index in [4.69, 9.17) is 4.74 Å². The highest BCUT2D eigenvalue weighted by Crippen LogP contribution is 2.09. The number of likely N-dealkylation sites (N-methyl/N-ethyl adjacent to an activating group) is 1. The lowest BCUT2D eigenvalue weighted by atomic mass is 10.1. The molecule has 0 aliphatic carbocycles. The predicted molar refractivity (Wildman–Crippen MR) is 59.4 cm³/mol. The summed E-state index contributed by atoms with van der Waals surface area (Å²) in [5.74, 6) is 0.491. The highest BCUT2D eigenvalue weighted by atomic mass is 16.5. The number of ether oxygens (including phenoxy) is 1. The van der Waals surface area contributed by atoms with Gasteiger partial charge in [0.1, 0.15) is 0 Å². The molecular weight excluding hydrogens is 178 g/mol. The summed E-state index contributed by atoms with van der Waals surface area (Å²) >= 11 is 0. The second kappa shape index (κ2) is 6.38. The first-order valence-electron chi connectivity index (χ1n) is 5.43. The van der Waals surface area contributed by atoms with Crippen LogP contribution in [0.4, 0.5) is 0 Å². The molecule has 0 amide bonds. The molecule has 3 heteroatoms. The number of nitrogens with one attached hydrogen (secondary N) is 1. The highest BCUT2D eigenvalue weighted by molar-refractivity contribution is 4.75. The van der Waals surface area contributed by atoms with E-state index in [1.54, 1.807) is 6.92 Å². The zero-order valence-corrected chi connectivity index (χ0v) is 10.1. The van der Waals surface area contributed by atoms with Gasteiger partial charge in [0.25, 0.3) is 0 Å². The molecule has 2 unspecified atom stereocenters. The zero-order chi connectivity index (χ0) is 11.2. The maximum Gasteiger partial charge on any atom is 0.0975 e. The Morgan fingerprint density at radius 1 is 1.36 bits per heavy atom. The van der Waals surface area contributed by atoms with E-state index in [0.29, 0.717) is 19.1 Å². The van der Waals surface area contributed by atoms with Gasteiger partial charge in [-0.1, -0.05) is 20.8 Å². The van der Waals surface area contributed by atoms with Gasteiger partial charge in [-0.05, 0) is 26.3 Å². The summed E-state index contributed by atoms with van der Waals surface area (Å²) in [6.07, 6.45) is 0.197. The smallest absolute Gasteiger partial charge is 0.0975 e. The molecule has 14 heavy (non-hydrogen) atoms. The van der Waals surface area contributed by atoms with Crippen LogP contribution in [-0.2, 0) is 4.74 Å². The molecule has 0 aromatic rings. The van der Waals surface area contributed by atoms with E-state index in [9.17, 15) is 5.11 Å². The van der Waals surface area contributed by atoms with E-state index in [2.05, 4.69) is 19.2 Å². The fourth-order valence-corrected chi connectivity index (χ4v) is 0.949. The maximum absolute atomic E-state index is 9.89. The molecule has 0 spiro atoms. The molecule has 3 nitrogen and oxygen atoms in total. The summed E-state index contributed by atoms with van der Waals surface area (Å²) in [5, 5.41) is 13.0. The fourth-order valence-electron chi connectivity index (χ4n) is 0.949. The van der Waals surface area contributed by atoms with E-state index >= 15 is 0 Å². The Hall–Kier alpha value is -0.120. The van der Waals surface area contributed by atoms with Gasteiger partial charge in [0.2, 0.25) is 0 Å². The van der Waals surface area contributed by atoms with Crippen LogP contribution in [-0.4, -0.2) is 36.5 Å². The molecule has 0 aliphatic rings. The largest absolute Gasteiger partial charge is 0.386 e. The van der Waals surface area contributed by atoms with Crippen molar-refractivity contribution < 1.29 is 9.84 Å². The molecule has 0 radical (unpaired) electrons. The third-order valence-electron chi connectivity index (χ3n) is 2.35. The lowest BCUT2D eigenvalue weighted by Crippen LogP contribution is -2.43. The van der Waals surface area contributed by atoms with E-state index < -0.39 is 5.60 Å². The molecule has 0 aliphatic heterocycles. The number of hydrogen-bond acceptors (Lipinski definition) is 3. The van der Waals surface area contributed by atoms with Crippen molar-refractivity contribution in [3.63, 3.8) is 0 Å². The molecule has 0 bridgehead atoms. The number of aliphatic hydroxyl groups is 1. The van der Waals surface area contributed by atoms with Crippen LogP contribution in [0.1, 0.15) is 34.6 Å². The average molecular weight is 203 g/mol. The van der Waals surface area contributed by atoms with Crippen molar-refractivity contribution in [1.29, 1.82) is 0 Å². The summed E-state index contributed by atoms with van der Waals surface area (Å²) in [6, 6.07) is 0. The number of rotatable bonds is 7. The molecule has 0 saturated carbocycles. The molecule has 2 N–H and O–H groups in total. The molecule has 0 aromatic heterocycles. The Morgan fingerprint density at radius 3 is 2.36 bits per heavy atom. The van der Waals surface area contributed by atoms with Crippen LogP contribution in [0.5, 0.6) is 0 Å². The van der Waals surface area contributed by atoms with E-state index in [1.165, 1.54) is 0 Å². The molecular formula is C11H25NO2. The van der Waals surface area contributed by atoms with Gasteiger partial charge in [-0.2, -0.15) is 0 Å². The monoisotopic (exact) mass is 203 g/mol. The van der Waals surface area contributed by atoms with Crippen molar-refractivity contribution in [3.05, 3.63) is 0 Å². The second-order valence-electron chi connectivity index (χ2n) is 4.54. The molecule has 0 rings (SSSR count). The van der Waals surface area contributed by atoms with Gasteiger partial charge in [-0.15, -0.1) is 0 Å². The molecule has 86 valence electrons. The standard InChI is InChI=1S/C11H25NO2/c1-6-12-7-11(5,13)8-14-10(4)9(2)3/h9-10,12-13H,6-8H2,1-5H3. The summed E-state index contributed by atoms with van der Waals surface area (Å²) in [5.41, 5.74) is -0.765. The Kier molecular flexibility index (Phi) is 6.33. The van der Waals surface area contributed by atoms with Crippen molar-refractivity contribution in [2.24, 2.45) is 5.92 Å². The quantitative estimate of drug-likeness (QED) is 0.657. The SMILES string of the molecule is CCNCC(C)(O)COC(C)C(C)C. The van der Waals surface area contributed by atoms with Crippen molar-refractivity contribution in [1.82, 2.24) is 5.32 Å². The van der Waals surface area contributed by atoms with Crippen LogP contribution in [0.15, 0.2) is 0 Å². The third kappa shape index (κ3) is 6.35. The predicted octanol–water partition coefficient (Wildman–Crippen LogP) is 1.41. The Balaban J connectivity index is 3.74. The molecule has 0 saturated heterocycles. The topological polar surface area (TPSA) is 41.5 Å². The highest BCUT2D eigenvalue weighted by Gasteiger charge is 2.21. The van der Waals surface area contributed by atoms with Crippen molar-refractivity contribution in [2.45, 2.75) is 46.3 Å². The number of hydrogen-bond donors (Lipinski definition) is 2. The summed E-state index contributed by atoms with van der Waals surface area (Å²) in [7, 11) is 0. The second-order valence-corrected chi connectivity index (χ2v) is 4.54. The lowest BCUT2D eigenvalue weighted by molar-refractivity contribution is -0.0677. The minimum atomic E-state index is -0.765. The first-order valence-corrected chi connectivity index (χ1v) is 5.43. The van der Waals surface area contributed by atoms with Gasteiger partial charge in [0, 0.05) is 6.54 Å². The van der Waals surface area contributed by atoms with Crippen LogP contribution >= 0.6 is 0 Å². The zero-order valence-electron chi connectivity index (χ0n) is 10.1. The van der Waals surface area contributed by atoms with Crippen LogP contribution in [0.2, 0.25) is 0 Å². The minimum absolute atomic E-state index is 0.197. The van der Waals surface area contributed by atoms with Gasteiger partial charge < -0.3 is 15.2 Å². The third-order valence-corrected chi connectivity index (χ3v) is 2.35. The van der Waals surface area contributed by atoms with Gasteiger partial charge in [0.15, 0.2) is 0 Å². The van der Waals surface area contributed by atoms with Gasteiger partial charge in [0.05, 0.1) is 18.3 Å². The molecule has 2 atom stereocenters. The first-order chi connectivity index (χ1) is 6.39. The maximum atomic E-state index is 9.89. The summed E-state index contributed by atoms with van der Waals surface area (Å²) in [6.45, 7) is 11.9. The van der Waals surface area contributed by atoms with Crippen molar-refractivity contribution >= 4 is 0 Å². The van der Waals surface area contributed by atoms with E-state index in [-0.39, 0.29) is 6.10 Å². The van der Waals surface area contributed by atoms with Crippen LogP contribution < -0.4 is 5.32 Å². The van der Waals surface area contributed by atoms with E-state index in [0.717, 1.165) is 6.54 Å². The fraction of sp³-hybridized carbons (Fsp3) is 1.00. The molecule has 0 fully saturated rings. The van der Waals surface area contributed by atoms with Crippen LogP contribution in [0.25, 0.3) is 0 Å². The van der Waals surface area contributed by atoms with Gasteiger partial charge in [-0.25, -0.2) is 0 Å². The van der Waals surface area contributed by atoms with Gasteiger partial charge in [-0.3, -0.25) is 0 Å². The van der Waals surface area contributed by atoms with Crippen molar-refractivity contribution in [3.8, 4) is 0 Å². The molecule has 0 heterocycles. The molecule has 0 aromatic carbocycles. The minimum Gasteiger partial charge on any atom is -0.386 e. The lowest BCUT2D eigenvalue weighted by Gasteiger charge is -2.26. The van der Waals surface area contributed by atoms with E-state index in [1.807, 2.05) is 13.8 Å². The Morgan fingerprint density at radius 2 is 1.93 bits per heavy atom. The summed E-state index contributed by atoms with van der Waals surface area (Å²) in [4.78, 5) is 0. The van der Waals surface area contributed by atoms with Crippen molar-refractivity contribution in [2.75, 3.05) is 19.7 Å². The first kappa shape index (κ1) is 13.9. The average Bonchev–Trinajstić information content (AvgIpc) is 2.11. The van der Waals surface area contributed by atoms with Gasteiger partial charge >= 0.3 is 0 Å². The Bertz CT molecular complexity index is 146. The Labute approximate surface area is 87.8 Å². The summed E-state index contributed by atoms with van der Waals surface area (Å²) < 4.78 is 5.58.